The number of rotatable bonds is 9. The molecule has 0 radical (unpaired) electrons. The van der Waals surface area contributed by atoms with Gasteiger partial charge in [-0.3, -0.25) is 0 Å². The van der Waals surface area contributed by atoms with E-state index < -0.39 is 8.32 Å². The molecular formula is C15H34O3Si. The van der Waals surface area contributed by atoms with Crippen LogP contribution in [-0.4, -0.2) is 39.9 Å². The average molecular weight is 291 g/mol. The third kappa shape index (κ3) is 8.08. The summed E-state index contributed by atoms with van der Waals surface area (Å²) in [6.45, 7) is 18.0. The van der Waals surface area contributed by atoms with Crippen LogP contribution in [0.15, 0.2) is 0 Å². The highest BCUT2D eigenvalue weighted by molar-refractivity contribution is 6.74. The molecule has 0 spiro atoms. The van der Waals surface area contributed by atoms with Crippen LogP contribution in [0.5, 0.6) is 0 Å². The third-order valence-electron chi connectivity index (χ3n) is 4.21. The van der Waals surface area contributed by atoms with Crippen LogP contribution in [0.2, 0.25) is 18.1 Å². The first-order valence-corrected chi connectivity index (χ1v) is 10.3. The van der Waals surface area contributed by atoms with E-state index in [1.165, 1.54) is 0 Å². The van der Waals surface area contributed by atoms with Crippen molar-refractivity contribution < 1.29 is 14.3 Å². The predicted octanol–water partition coefficient (Wildman–Crippen LogP) is 3.82. The Labute approximate surface area is 120 Å². The molecule has 3 nitrogen and oxygen atoms in total. The van der Waals surface area contributed by atoms with Crippen molar-refractivity contribution in [2.75, 3.05) is 26.4 Å². The van der Waals surface area contributed by atoms with Crippen LogP contribution in [0, 0.1) is 5.41 Å². The van der Waals surface area contributed by atoms with Gasteiger partial charge >= 0.3 is 0 Å². The van der Waals surface area contributed by atoms with Gasteiger partial charge in [0.2, 0.25) is 0 Å². The van der Waals surface area contributed by atoms with Crippen molar-refractivity contribution in [2.45, 2.75) is 65.6 Å². The lowest BCUT2D eigenvalue weighted by atomic mass is 9.86. The lowest BCUT2D eigenvalue weighted by Crippen LogP contribution is -2.41. The molecule has 0 fully saturated rings. The molecule has 0 aliphatic heterocycles. The molecule has 0 aliphatic rings. The van der Waals surface area contributed by atoms with Gasteiger partial charge in [-0.15, -0.1) is 0 Å². The number of aliphatic hydroxyl groups excluding tert-OH is 1. The van der Waals surface area contributed by atoms with Crippen molar-refractivity contribution in [3.05, 3.63) is 0 Å². The summed E-state index contributed by atoms with van der Waals surface area (Å²) in [5.41, 5.74) is 0.162. The number of ether oxygens (including phenoxy) is 1. The summed E-state index contributed by atoms with van der Waals surface area (Å²) in [6.07, 6.45) is 1.81. The Hall–Kier alpha value is 0.0969. The predicted molar refractivity (Wildman–Crippen MR) is 84.1 cm³/mol. The summed E-state index contributed by atoms with van der Waals surface area (Å²) in [5.74, 6) is 0. The van der Waals surface area contributed by atoms with Crippen LogP contribution < -0.4 is 0 Å². The third-order valence-corrected chi connectivity index (χ3v) is 8.75. The molecule has 4 heteroatoms. The van der Waals surface area contributed by atoms with Gasteiger partial charge in [0.1, 0.15) is 0 Å². The van der Waals surface area contributed by atoms with Crippen LogP contribution in [0.4, 0.5) is 0 Å². The molecule has 0 atom stereocenters. The summed E-state index contributed by atoms with van der Waals surface area (Å²) >= 11 is 0. The molecule has 0 aromatic heterocycles. The summed E-state index contributed by atoms with van der Waals surface area (Å²) < 4.78 is 11.7. The minimum atomic E-state index is -1.63. The van der Waals surface area contributed by atoms with Crippen LogP contribution >= 0.6 is 0 Å². The molecule has 0 saturated heterocycles. The maximum Gasteiger partial charge on any atom is 0.192 e. The number of aliphatic hydroxyl groups is 1. The Balaban J connectivity index is 3.72. The van der Waals surface area contributed by atoms with Gasteiger partial charge in [0.15, 0.2) is 8.32 Å². The van der Waals surface area contributed by atoms with Gasteiger partial charge in [0.05, 0.1) is 13.2 Å². The monoisotopic (exact) mass is 290 g/mol. The second-order valence-corrected chi connectivity index (χ2v) is 12.4. The second kappa shape index (κ2) is 7.77. The molecule has 116 valence electrons. The molecule has 0 aromatic carbocycles. The van der Waals surface area contributed by atoms with Crippen molar-refractivity contribution >= 4 is 8.32 Å². The zero-order chi connectivity index (χ0) is 15.2. The quantitative estimate of drug-likeness (QED) is 0.518. The standard InChI is InChI=1S/C15H34O3Si/c1-14(2,3)19(6,7)18-13-12-17-11-9-15(4,5)8-10-16/h16H,8-13H2,1-7H3. The van der Waals surface area contributed by atoms with E-state index in [2.05, 4.69) is 47.7 Å². The molecule has 0 unspecified atom stereocenters. The highest BCUT2D eigenvalue weighted by Gasteiger charge is 2.36. The topological polar surface area (TPSA) is 38.7 Å². The van der Waals surface area contributed by atoms with Crippen molar-refractivity contribution in [2.24, 2.45) is 5.41 Å². The van der Waals surface area contributed by atoms with Crippen molar-refractivity contribution in [1.82, 2.24) is 0 Å². The maximum atomic E-state index is 8.95. The van der Waals surface area contributed by atoms with Gasteiger partial charge in [0.25, 0.3) is 0 Å². The lowest BCUT2D eigenvalue weighted by Gasteiger charge is -2.36. The van der Waals surface area contributed by atoms with Crippen LogP contribution in [0.3, 0.4) is 0 Å². The highest BCUT2D eigenvalue weighted by Crippen LogP contribution is 2.36. The molecule has 0 aliphatic carbocycles. The number of hydrogen-bond donors (Lipinski definition) is 1. The van der Waals surface area contributed by atoms with Gasteiger partial charge in [0, 0.05) is 13.2 Å². The van der Waals surface area contributed by atoms with E-state index in [0.717, 1.165) is 19.4 Å². The lowest BCUT2D eigenvalue weighted by molar-refractivity contribution is 0.0692. The average Bonchev–Trinajstić information content (AvgIpc) is 2.21. The van der Waals surface area contributed by atoms with Gasteiger partial charge in [-0.1, -0.05) is 34.6 Å². The van der Waals surface area contributed by atoms with Crippen molar-refractivity contribution in [3.63, 3.8) is 0 Å². The molecule has 0 saturated carbocycles. The van der Waals surface area contributed by atoms with E-state index in [4.69, 9.17) is 14.3 Å². The van der Waals surface area contributed by atoms with Crippen molar-refractivity contribution in [1.29, 1.82) is 0 Å². The van der Waals surface area contributed by atoms with E-state index in [1.54, 1.807) is 0 Å². The largest absolute Gasteiger partial charge is 0.414 e. The minimum absolute atomic E-state index is 0.162. The number of hydrogen-bond acceptors (Lipinski definition) is 3. The summed E-state index contributed by atoms with van der Waals surface area (Å²) in [5, 5.41) is 9.21. The van der Waals surface area contributed by atoms with E-state index in [9.17, 15) is 0 Å². The Morgan fingerprint density at radius 1 is 0.895 bits per heavy atom. The second-order valence-electron chi connectivity index (χ2n) is 7.61. The summed E-state index contributed by atoms with van der Waals surface area (Å²) in [6, 6.07) is 0. The fourth-order valence-electron chi connectivity index (χ4n) is 1.45. The normalized spacial score (nSPS) is 13.9. The Morgan fingerprint density at radius 2 is 1.47 bits per heavy atom. The van der Waals surface area contributed by atoms with Gasteiger partial charge < -0.3 is 14.3 Å². The minimum Gasteiger partial charge on any atom is -0.414 e. The van der Waals surface area contributed by atoms with E-state index >= 15 is 0 Å². The van der Waals surface area contributed by atoms with Crippen LogP contribution in [0.25, 0.3) is 0 Å². The smallest absolute Gasteiger partial charge is 0.192 e. The molecule has 0 bridgehead atoms. The SMILES string of the molecule is CC(C)(CCO)CCOCCO[Si](C)(C)C(C)(C)C. The first kappa shape index (κ1) is 19.1. The van der Waals surface area contributed by atoms with Crippen LogP contribution in [0.1, 0.15) is 47.5 Å². The Bertz CT molecular complexity index is 244. The highest BCUT2D eigenvalue weighted by atomic mass is 28.4. The van der Waals surface area contributed by atoms with Crippen LogP contribution in [-0.2, 0) is 9.16 Å². The fraction of sp³-hybridized carbons (Fsp3) is 1.00. The van der Waals surface area contributed by atoms with Gasteiger partial charge in [-0.05, 0) is 36.4 Å². The van der Waals surface area contributed by atoms with Crippen molar-refractivity contribution in [3.8, 4) is 0 Å². The van der Waals surface area contributed by atoms with E-state index in [1.807, 2.05) is 0 Å². The molecule has 0 rings (SSSR count). The summed E-state index contributed by atoms with van der Waals surface area (Å²) in [7, 11) is -1.63. The zero-order valence-corrected chi connectivity index (χ0v) is 15.0. The zero-order valence-electron chi connectivity index (χ0n) is 14.0. The molecule has 1 N–H and O–H groups in total. The van der Waals surface area contributed by atoms with E-state index in [-0.39, 0.29) is 17.1 Å². The first-order chi connectivity index (χ1) is 8.52. The molecular weight excluding hydrogens is 256 g/mol. The maximum absolute atomic E-state index is 8.95. The first-order valence-electron chi connectivity index (χ1n) is 7.34. The van der Waals surface area contributed by atoms with Gasteiger partial charge in [-0.25, -0.2) is 0 Å². The Morgan fingerprint density at radius 3 is 1.95 bits per heavy atom. The molecule has 0 heterocycles. The summed E-state index contributed by atoms with van der Waals surface area (Å²) in [4.78, 5) is 0. The molecule has 19 heavy (non-hydrogen) atoms. The van der Waals surface area contributed by atoms with E-state index in [0.29, 0.717) is 13.2 Å². The fourth-order valence-corrected chi connectivity index (χ4v) is 2.48. The Kier molecular flexibility index (Phi) is 7.81. The molecule has 0 amide bonds. The molecule has 0 aromatic rings. The van der Waals surface area contributed by atoms with Gasteiger partial charge in [-0.2, -0.15) is 0 Å².